The zero-order valence-electron chi connectivity index (χ0n) is 20.8. The zero-order valence-corrected chi connectivity index (χ0v) is 20.8. The number of hydrogen-bond donors (Lipinski definition) is 1. The van der Waals surface area contributed by atoms with Crippen LogP contribution in [-0.4, -0.2) is 47.2 Å². The summed E-state index contributed by atoms with van der Waals surface area (Å²) in [6, 6.07) is 5.00. The van der Waals surface area contributed by atoms with Gasteiger partial charge in [0.2, 0.25) is 0 Å². The zero-order chi connectivity index (χ0) is 26.5. The van der Waals surface area contributed by atoms with Gasteiger partial charge in [0.25, 0.3) is 5.91 Å². The Kier molecular flexibility index (Phi) is 6.00. The second-order valence-corrected chi connectivity index (χ2v) is 10.3. The highest BCUT2D eigenvalue weighted by molar-refractivity contribution is 6.38. The quantitative estimate of drug-likeness (QED) is 0.470. The van der Waals surface area contributed by atoms with Crippen LogP contribution in [0.4, 0.5) is 8.78 Å². The van der Waals surface area contributed by atoms with Crippen molar-refractivity contribution in [3.8, 4) is 11.3 Å². The molecule has 0 unspecified atom stereocenters. The number of ether oxygens (including phenoxy) is 1. The summed E-state index contributed by atoms with van der Waals surface area (Å²) >= 11 is 0. The van der Waals surface area contributed by atoms with Gasteiger partial charge in [-0.05, 0) is 61.6 Å². The van der Waals surface area contributed by atoms with Crippen LogP contribution in [0.1, 0.15) is 57.2 Å². The van der Waals surface area contributed by atoms with Crippen molar-refractivity contribution < 1.29 is 23.1 Å². The van der Waals surface area contributed by atoms with E-state index in [1.807, 2.05) is 0 Å². The van der Waals surface area contributed by atoms with Crippen molar-refractivity contribution in [3.05, 3.63) is 59.1 Å². The van der Waals surface area contributed by atoms with Crippen LogP contribution in [0.2, 0.25) is 0 Å². The maximum absolute atomic E-state index is 14.5. The van der Waals surface area contributed by atoms with Crippen LogP contribution < -0.4 is 5.32 Å². The van der Waals surface area contributed by atoms with Gasteiger partial charge in [-0.2, -0.15) is 5.10 Å². The minimum absolute atomic E-state index is 0.0331. The van der Waals surface area contributed by atoms with Gasteiger partial charge in [0, 0.05) is 6.20 Å². The number of rotatable bonds is 6. The minimum atomic E-state index is -0.735. The van der Waals surface area contributed by atoms with Crippen LogP contribution >= 0.6 is 0 Å². The van der Waals surface area contributed by atoms with Crippen molar-refractivity contribution in [2.75, 3.05) is 6.61 Å². The monoisotopic (exact) mass is 507 g/mol. The molecule has 2 heterocycles. The van der Waals surface area contributed by atoms with Gasteiger partial charge >= 0.3 is 5.97 Å². The molecule has 37 heavy (non-hydrogen) atoms. The molecule has 192 valence electrons. The largest absolute Gasteiger partial charge is 0.463 e. The summed E-state index contributed by atoms with van der Waals surface area (Å²) in [5, 5.41) is 11.5. The van der Waals surface area contributed by atoms with E-state index in [2.05, 4.69) is 41.1 Å². The molecule has 1 aromatic heterocycles. The highest BCUT2D eigenvalue weighted by Crippen LogP contribution is 2.70. The van der Waals surface area contributed by atoms with E-state index in [9.17, 15) is 18.4 Å². The van der Waals surface area contributed by atoms with Crippen molar-refractivity contribution in [1.29, 1.82) is 0 Å². The number of aliphatic imine (C=N–C) groups is 2. The molecule has 1 aromatic carbocycles. The van der Waals surface area contributed by atoms with Crippen molar-refractivity contribution in [2.45, 2.75) is 57.4 Å². The van der Waals surface area contributed by atoms with Gasteiger partial charge in [0.05, 0.1) is 40.5 Å². The number of allylic oxidation sites excluding steroid dienone is 1. The van der Waals surface area contributed by atoms with E-state index >= 15 is 0 Å². The lowest BCUT2D eigenvalue weighted by Gasteiger charge is -2.38. The van der Waals surface area contributed by atoms with Gasteiger partial charge in [-0.15, -0.1) is 5.10 Å². The third-order valence-corrected chi connectivity index (χ3v) is 8.06. The molecule has 1 amide bonds. The lowest BCUT2D eigenvalue weighted by atomic mass is 9.66. The van der Waals surface area contributed by atoms with Gasteiger partial charge in [0.15, 0.2) is 0 Å². The number of carbonyl (C=O) groups is 2. The Hall–Kier alpha value is -3.82. The minimum Gasteiger partial charge on any atom is -0.463 e. The molecule has 2 aromatic rings. The van der Waals surface area contributed by atoms with Crippen LogP contribution in [0.15, 0.2) is 46.1 Å². The molecular weight excluding hydrogens is 480 g/mol. The smallest absolute Gasteiger partial charge is 0.308 e. The van der Waals surface area contributed by atoms with E-state index in [1.165, 1.54) is 24.4 Å². The first kappa shape index (κ1) is 24.9. The predicted octanol–water partition coefficient (Wildman–Crippen LogP) is 4.01. The van der Waals surface area contributed by atoms with Gasteiger partial charge in [-0.25, -0.2) is 13.8 Å². The average molecular weight is 508 g/mol. The summed E-state index contributed by atoms with van der Waals surface area (Å²) < 4.78 is 33.9. The number of aromatic nitrogens is 2. The summed E-state index contributed by atoms with van der Waals surface area (Å²) in [6.07, 6.45) is 3.12. The van der Waals surface area contributed by atoms with E-state index in [0.717, 1.165) is 12.0 Å². The number of amides is 1. The fraction of sp³-hybridized carbons (Fsp3) is 0.407. The Balaban J connectivity index is 1.56. The third kappa shape index (κ3) is 3.77. The highest BCUT2D eigenvalue weighted by Gasteiger charge is 2.65. The Morgan fingerprint density at radius 3 is 2.65 bits per heavy atom. The Morgan fingerprint density at radius 1 is 1.27 bits per heavy atom. The molecule has 3 aliphatic rings. The fourth-order valence-corrected chi connectivity index (χ4v) is 6.20. The first-order valence-electron chi connectivity index (χ1n) is 12.1. The molecule has 1 aliphatic heterocycles. The first-order valence-corrected chi connectivity index (χ1v) is 12.1. The van der Waals surface area contributed by atoms with E-state index < -0.39 is 34.4 Å². The van der Waals surface area contributed by atoms with Gasteiger partial charge < -0.3 is 10.1 Å². The Bertz CT molecular complexity index is 1370. The number of nitrogens with zero attached hydrogens (tertiary/aromatic N) is 4. The van der Waals surface area contributed by atoms with E-state index in [4.69, 9.17) is 9.73 Å². The van der Waals surface area contributed by atoms with E-state index in [-0.39, 0.29) is 41.9 Å². The number of cyclic esters (lactones) is 1. The number of halogens is 2. The predicted molar refractivity (Wildman–Crippen MR) is 133 cm³/mol. The summed E-state index contributed by atoms with van der Waals surface area (Å²) in [4.78, 5) is 32.9. The molecule has 1 saturated heterocycles. The molecule has 2 aliphatic carbocycles. The summed E-state index contributed by atoms with van der Waals surface area (Å²) in [5.74, 6) is -2.15. The summed E-state index contributed by atoms with van der Waals surface area (Å²) in [7, 11) is 0. The van der Waals surface area contributed by atoms with Crippen LogP contribution in [0.3, 0.4) is 0 Å². The lowest BCUT2D eigenvalue weighted by molar-refractivity contribution is -0.138. The molecule has 1 saturated carbocycles. The number of hydrogen-bond acceptors (Lipinski definition) is 7. The number of nitrogens with one attached hydrogen (secondary N) is 1. The van der Waals surface area contributed by atoms with E-state index in [0.29, 0.717) is 17.8 Å². The number of fused-ring (bicyclic) bond motifs is 5. The molecule has 8 nitrogen and oxygen atoms in total. The molecule has 0 spiro atoms. The van der Waals surface area contributed by atoms with Gasteiger partial charge in [-0.1, -0.05) is 19.9 Å². The van der Waals surface area contributed by atoms with E-state index in [1.54, 1.807) is 13.0 Å². The molecule has 1 N–H and O–H groups in total. The molecule has 0 radical (unpaired) electrons. The van der Waals surface area contributed by atoms with Gasteiger partial charge in [0.1, 0.15) is 24.0 Å². The van der Waals surface area contributed by atoms with Gasteiger partial charge in [-0.3, -0.25) is 14.6 Å². The highest BCUT2D eigenvalue weighted by atomic mass is 19.1. The van der Waals surface area contributed by atoms with Crippen molar-refractivity contribution in [2.24, 2.45) is 15.4 Å². The standard InChI is InChI=1S/C27H27F2N5O3/c1-14(25(36)32-15-10-22(35)37-13-15)31-21(12-30-4)27-9-8-17(26(27,2)3)16-11-20(33-34-24(16)27)23-18(28)6-5-7-19(23)29/h5-7,11-12,15,17H,4,8-10,13H2,1-3H3,(H,32,36)/b21-12-,31-14+/t15-,17-,27-/m0/s1. The molecule has 10 heteroatoms. The molecule has 3 atom stereocenters. The maximum atomic E-state index is 14.5. The third-order valence-electron chi connectivity index (χ3n) is 8.06. The first-order chi connectivity index (χ1) is 17.6. The summed E-state index contributed by atoms with van der Waals surface area (Å²) in [5.41, 5.74) is 1.01. The number of benzene rings is 1. The maximum Gasteiger partial charge on any atom is 0.308 e. The molecule has 2 bridgehead atoms. The fourth-order valence-electron chi connectivity index (χ4n) is 6.20. The normalized spacial score (nSPS) is 26.1. The SMILES string of the molecule is C=N/C=C(\N=C(/C)C(=O)N[C@@H]1COC(=O)C1)[C@@]12CC[C@@H](c3cc(-c4c(F)cccc4F)nnc31)C2(C)C. The van der Waals surface area contributed by atoms with Crippen LogP contribution in [0, 0.1) is 17.0 Å². The summed E-state index contributed by atoms with van der Waals surface area (Å²) in [6.45, 7) is 9.51. The number of carbonyl (C=O) groups excluding carboxylic acids is 2. The molecule has 5 rings (SSSR count). The Morgan fingerprint density at radius 2 is 2.00 bits per heavy atom. The van der Waals surface area contributed by atoms with Crippen LogP contribution in [0.25, 0.3) is 11.3 Å². The van der Waals surface area contributed by atoms with Crippen molar-refractivity contribution >= 4 is 24.3 Å². The molecular formula is C27H27F2N5O3. The van der Waals surface area contributed by atoms with Crippen LogP contribution in [-0.2, 0) is 19.7 Å². The topological polar surface area (TPSA) is 106 Å². The van der Waals surface area contributed by atoms with Crippen molar-refractivity contribution in [3.63, 3.8) is 0 Å². The average Bonchev–Trinajstić information content (AvgIpc) is 3.44. The Labute approximate surface area is 213 Å². The number of esters is 1. The molecule has 2 fully saturated rings. The van der Waals surface area contributed by atoms with Crippen LogP contribution in [0.5, 0.6) is 0 Å². The lowest BCUT2D eigenvalue weighted by Crippen LogP contribution is -2.40. The second kappa shape index (κ2) is 8.93. The second-order valence-electron chi connectivity index (χ2n) is 10.3. The van der Waals surface area contributed by atoms with Crippen molar-refractivity contribution in [1.82, 2.24) is 15.5 Å².